The molecule has 8 heteroatoms. The summed E-state index contributed by atoms with van der Waals surface area (Å²) in [5.41, 5.74) is 2.86. The molecular weight excluding hydrogens is 432 g/mol. The van der Waals surface area contributed by atoms with E-state index >= 15 is 0 Å². The molecule has 0 aromatic heterocycles. The first kappa shape index (κ1) is 21.5. The van der Waals surface area contributed by atoms with Crippen LogP contribution in [-0.2, 0) is 19.9 Å². The van der Waals surface area contributed by atoms with Gasteiger partial charge in [-0.2, -0.15) is 8.42 Å². The van der Waals surface area contributed by atoms with Gasteiger partial charge in [0.2, 0.25) is 0 Å². The zero-order chi connectivity index (χ0) is 22.2. The van der Waals surface area contributed by atoms with Crippen molar-refractivity contribution in [3.05, 3.63) is 89.5 Å². The van der Waals surface area contributed by atoms with E-state index in [2.05, 4.69) is 3.77 Å². The van der Waals surface area contributed by atoms with Gasteiger partial charge in [0.05, 0.1) is 22.9 Å². The van der Waals surface area contributed by atoms with Gasteiger partial charge in [-0.05, 0) is 55.8 Å². The van der Waals surface area contributed by atoms with Gasteiger partial charge in [-0.25, -0.2) is 8.51 Å². The number of rotatable bonds is 6. The molecule has 0 amide bonds. The summed E-state index contributed by atoms with van der Waals surface area (Å²) in [6.07, 6.45) is 0. The van der Waals surface area contributed by atoms with Crippen LogP contribution in [0.3, 0.4) is 0 Å². The van der Waals surface area contributed by atoms with Crippen molar-refractivity contribution in [1.82, 2.24) is 4.31 Å². The van der Waals surface area contributed by atoms with Gasteiger partial charge in [0, 0.05) is 6.54 Å². The molecule has 3 aromatic rings. The van der Waals surface area contributed by atoms with Gasteiger partial charge in [-0.3, -0.25) is 0 Å². The number of methoxy groups -OCH3 is 1. The van der Waals surface area contributed by atoms with E-state index in [4.69, 9.17) is 4.74 Å². The topological polar surface area (TPSA) is 75.8 Å². The summed E-state index contributed by atoms with van der Waals surface area (Å²) in [7, 11) is -5.91. The van der Waals surface area contributed by atoms with E-state index < -0.39 is 19.9 Å². The van der Waals surface area contributed by atoms with Crippen molar-refractivity contribution in [2.45, 2.75) is 29.7 Å². The summed E-state index contributed by atoms with van der Waals surface area (Å²) < 4.78 is 51.2. The lowest BCUT2D eigenvalue weighted by Gasteiger charge is -2.13. The first-order valence-electron chi connectivity index (χ1n) is 9.80. The number of sulfonamides is 1. The highest BCUT2D eigenvalue weighted by atomic mass is 32.3. The largest absolute Gasteiger partial charge is 0.497 e. The summed E-state index contributed by atoms with van der Waals surface area (Å²) in [6, 6.07) is 20.7. The van der Waals surface area contributed by atoms with Crippen LogP contribution in [0.25, 0.3) is 0 Å². The van der Waals surface area contributed by atoms with Crippen molar-refractivity contribution >= 4 is 19.9 Å². The summed E-state index contributed by atoms with van der Waals surface area (Å²) in [5, 5.41) is 0. The minimum absolute atomic E-state index is 0.0285. The Bertz CT molecular complexity index is 1310. The van der Waals surface area contributed by atoms with E-state index in [1.165, 1.54) is 12.1 Å². The maximum atomic E-state index is 14.2. The lowest BCUT2D eigenvalue weighted by atomic mass is 10.1. The summed E-state index contributed by atoms with van der Waals surface area (Å²) in [4.78, 5) is 0.408. The van der Waals surface area contributed by atoms with Gasteiger partial charge >= 0.3 is 0 Å². The SMILES string of the molecule is COc1ccc(C2CN2S(=O)(=NS(=O)(=O)c2ccc(C)cc2)c2ccc(C)cc2)cc1. The third kappa shape index (κ3) is 4.37. The van der Waals surface area contributed by atoms with Gasteiger partial charge < -0.3 is 4.74 Å². The van der Waals surface area contributed by atoms with Gasteiger partial charge in [-0.1, -0.05) is 51.3 Å². The van der Waals surface area contributed by atoms with Crippen LogP contribution in [0, 0.1) is 13.8 Å². The third-order valence-corrected chi connectivity index (χ3v) is 9.62. The van der Waals surface area contributed by atoms with Crippen LogP contribution < -0.4 is 4.74 Å². The molecule has 0 N–H and O–H groups in total. The zero-order valence-electron chi connectivity index (χ0n) is 17.6. The first-order chi connectivity index (χ1) is 14.7. The van der Waals surface area contributed by atoms with Gasteiger partial charge in [-0.15, -0.1) is 0 Å². The second kappa shape index (κ2) is 8.11. The zero-order valence-corrected chi connectivity index (χ0v) is 19.2. The standard InChI is InChI=1S/C23H24N2O4S2/c1-17-4-12-21(13-5-17)30(26,24-31(27,28)22-14-6-18(2)7-15-22)25-16-23(25)19-8-10-20(29-3)11-9-19/h4-15,23H,16H2,1-3H3. The third-order valence-electron chi connectivity index (χ3n) is 5.23. The summed E-state index contributed by atoms with van der Waals surface area (Å²) in [6.45, 7) is 4.24. The predicted molar refractivity (Wildman–Crippen MR) is 121 cm³/mol. The summed E-state index contributed by atoms with van der Waals surface area (Å²) >= 11 is 0. The van der Waals surface area contributed by atoms with Crippen LogP contribution in [-0.4, -0.2) is 30.6 Å². The maximum absolute atomic E-state index is 14.2. The second-order valence-corrected chi connectivity index (χ2v) is 11.5. The molecule has 3 aromatic carbocycles. The Morgan fingerprint density at radius 2 is 1.32 bits per heavy atom. The molecule has 1 fully saturated rings. The predicted octanol–water partition coefficient (Wildman–Crippen LogP) is 4.50. The van der Waals surface area contributed by atoms with Gasteiger partial charge in [0.15, 0.2) is 9.92 Å². The molecule has 1 saturated heterocycles. The number of nitrogens with zero attached hydrogens (tertiary/aromatic N) is 2. The molecule has 0 bridgehead atoms. The Balaban J connectivity index is 1.79. The summed E-state index contributed by atoms with van der Waals surface area (Å²) in [5.74, 6) is 0.724. The molecule has 0 saturated carbocycles. The fourth-order valence-corrected chi connectivity index (χ4v) is 7.46. The molecule has 3 atom stereocenters. The number of hydrogen-bond acceptors (Lipinski definition) is 4. The Kier molecular flexibility index (Phi) is 5.63. The molecule has 3 unspecified atom stereocenters. The maximum Gasteiger partial charge on any atom is 0.291 e. The van der Waals surface area contributed by atoms with E-state index in [1.54, 1.807) is 35.7 Å². The molecular formula is C23H24N2O4S2. The van der Waals surface area contributed by atoms with E-state index in [1.807, 2.05) is 50.2 Å². The van der Waals surface area contributed by atoms with Crippen LogP contribution in [0.5, 0.6) is 5.75 Å². The first-order valence-corrected chi connectivity index (χ1v) is 12.7. The molecule has 31 heavy (non-hydrogen) atoms. The monoisotopic (exact) mass is 456 g/mol. The van der Waals surface area contributed by atoms with Crippen LogP contribution >= 0.6 is 0 Å². The Morgan fingerprint density at radius 3 is 1.84 bits per heavy atom. The molecule has 0 spiro atoms. The Morgan fingerprint density at radius 1 is 0.806 bits per heavy atom. The lowest BCUT2D eigenvalue weighted by Crippen LogP contribution is -2.15. The minimum Gasteiger partial charge on any atom is -0.497 e. The fraction of sp³-hybridized carbons (Fsp3) is 0.217. The highest BCUT2D eigenvalue weighted by molar-refractivity contribution is 8.02. The normalized spacial score (nSPS) is 20.0. The smallest absolute Gasteiger partial charge is 0.291 e. The van der Waals surface area contributed by atoms with Gasteiger partial charge in [0.1, 0.15) is 5.75 Å². The number of benzene rings is 3. The molecule has 0 radical (unpaired) electrons. The Labute approximate surface area is 183 Å². The van der Waals surface area contributed by atoms with Crippen LogP contribution in [0.15, 0.2) is 86.4 Å². The lowest BCUT2D eigenvalue weighted by molar-refractivity contribution is 0.414. The highest BCUT2D eigenvalue weighted by Crippen LogP contribution is 2.42. The second-order valence-electron chi connectivity index (χ2n) is 7.56. The number of aryl methyl sites for hydroxylation is 2. The number of ether oxygens (including phenoxy) is 1. The molecule has 4 rings (SSSR count). The molecule has 1 aliphatic rings. The van der Waals surface area contributed by atoms with Crippen LogP contribution in [0.2, 0.25) is 0 Å². The average Bonchev–Trinajstić information content (AvgIpc) is 3.56. The van der Waals surface area contributed by atoms with Crippen molar-refractivity contribution in [2.24, 2.45) is 3.77 Å². The van der Waals surface area contributed by atoms with Crippen molar-refractivity contribution < 1.29 is 17.4 Å². The van der Waals surface area contributed by atoms with Crippen LogP contribution in [0.1, 0.15) is 22.7 Å². The van der Waals surface area contributed by atoms with Crippen molar-refractivity contribution in [3.8, 4) is 5.75 Å². The van der Waals surface area contributed by atoms with Crippen molar-refractivity contribution in [1.29, 1.82) is 0 Å². The van der Waals surface area contributed by atoms with Crippen molar-refractivity contribution in [2.75, 3.05) is 13.7 Å². The van der Waals surface area contributed by atoms with E-state index in [0.717, 1.165) is 22.4 Å². The molecule has 0 aliphatic carbocycles. The molecule has 1 heterocycles. The average molecular weight is 457 g/mol. The fourth-order valence-electron chi connectivity index (χ4n) is 3.32. The molecule has 162 valence electrons. The van der Waals surface area contributed by atoms with E-state index in [-0.39, 0.29) is 10.9 Å². The van der Waals surface area contributed by atoms with Crippen molar-refractivity contribution in [3.63, 3.8) is 0 Å². The molecule has 6 nitrogen and oxygen atoms in total. The minimum atomic E-state index is -4.13. The molecule has 1 aliphatic heterocycles. The number of hydrogen-bond donors (Lipinski definition) is 0. The van der Waals surface area contributed by atoms with E-state index in [9.17, 15) is 12.6 Å². The van der Waals surface area contributed by atoms with Gasteiger partial charge in [0.25, 0.3) is 10.0 Å². The Hall–Kier alpha value is -2.68. The van der Waals surface area contributed by atoms with Crippen LogP contribution in [0.4, 0.5) is 0 Å². The van der Waals surface area contributed by atoms with E-state index in [0.29, 0.717) is 11.4 Å². The highest BCUT2D eigenvalue weighted by Gasteiger charge is 2.45. The quantitative estimate of drug-likeness (QED) is 0.512.